The van der Waals surface area contributed by atoms with Crippen molar-refractivity contribution >= 4 is 140 Å². The van der Waals surface area contributed by atoms with Gasteiger partial charge in [-0.1, -0.05) is 114 Å². The molecule has 1 fully saturated rings. The Hall–Kier alpha value is -4.80. The van der Waals surface area contributed by atoms with Gasteiger partial charge in [-0.2, -0.15) is 26.3 Å². The first kappa shape index (κ1) is 75.2. The van der Waals surface area contributed by atoms with E-state index >= 15 is 0 Å². The average molecular weight is 1480 g/mol. The summed E-state index contributed by atoms with van der Waals surface area (Å²) in [5.41, 5.74) is 25.7. The first-order valence-electron chi connectivity index (χ1n) is 23.7. The Morgan fingerprint density at radius 1 is 0.695 bits per heavy atom. The van der Waals surface area contributed by atoms with Crippen molar-refractivity contribution in [2.45, 2.75) is 70.7 Å². The van der Waals surface area contributed by atoms with Crippen molar-refractivity contribution in [3.63, 3.8) is 0 Å². The van der Waals surface area contributed by atoms with Crippen LogP contribution in [0.4, 0.5) is 26.3 Å². The van der Waals surface area contributed by atoms with Crippen molar-refractivity contribution in [1.82, 2.24) is 10.6 Å². The van der Waals surface area contributed by atoms with Crippen LogP contribution in [0.15, 0.2) is 141 Å². The lowest BCUT2D eigenvalue weighted by Gasteiger charge is -2.11. The van der Waals surface area contributed by atoms with Crippen LogP contribution in [0.25, 0.3) is 0 Å². The van der Waals surface area contributed by atoms with Gasteiger partial charge < -0.3 is 48.1 Å². The number of cyclic esters (lactones) is 1. The predicted octanol–water partition coefficient (Wildman–Crippen LogP) is 14.0. The predicted molar refractivity (Wildman–Crippen MR) is 333 cm³/mol. The van der Waals surface area contributed by atoms with Crippen LogP contribution in [-0.2, 0) is 60.4 Å². The number of amidine groups is 1. The monoisotopic (exact) mass is 1480 g/mol. The lowest BCUT2D eigenvalue weighted by molar-refractivity contribution is -0.138. The number of halogens is 12. The minimum Gasteiger partial charge on any atom is -0.457 e. The number of nitrogens with one attached hydrogen (secondary N) is 3. The average Bonchev–Trinajstić information content (AvgIpc) is 4.24. The molecule has 2 amide bonds. The molecular weight excluding hydrogens is 1420 g/mol. The molecule has 0 unspecified atom stereocenters. The van der Waals surface area contributed by atoms with Gasteiger partial charge in [-0.3, -0.25) is 15.0 Å². The lowest BCUT2D eigenvalue weighted by Crippen LogP contribution is -2.24. The molecule has 1 saturated heterocycles. The smallest absolute Gasteiger partial charge is 0.416 e. The number of fused-ring (bicyclic) bond motifs is 1. The highest BCUT2D eigenvalue weighted by atomic mass is 79.9. The summed E-state index contributed by atoms with van der Waals surface area (Å²) in [6.07, 6.45) is -6.21. The van der Waals surface area contributed by atoms with Crippen molar-refractivity contribution in [2.75, 3.05) is 18.6 Å². The first-order chi connectivity index (χ1) is 38.2. The Bertz CT molecular complexity index is 2940. The minimum absolute atomic E-state index is 0. The largest absolute Gasteiger partial charge is 0.457 e. The number of benzene rings is 6. The van der Waals surface area contributed by atoms with Crippen LogP contribution in [-0.4, -0.2) is 51.7 Å². The van der Waals surface area contributed by atoms with Crippen molar-refractivity contribution in [2.24, 2.45) is 22.9 Å². The van der Waals surface area contributed by atoms with Crippen molar-refractivity contribution in [1.29, 1.82) is 5.41 Å². The molecular formula is C55H59Br4Cl2F6N7O6S2. The Morgan fingerprint density at radius 3 is 1.49 bits per heavy atom. The number of aryl methyl sites for hydroxylation is 1. The molecule has 0 atom stereocenters. The highest BCUT2D eigenvalue weighted by Gasteiger charge is 2.31. The molecule has 8 rings (SSSR count). The molecule has 446 valence electrons. The minimum atomic E-state index is -4.39. The fraction of sp³-hybridized carbons (Fsp3) is 0.255. The number of nitrogens with two attached hydrogens (primary N) is 4. The molecule has 6 aromatic rings. The van der Waals surface area contributed by atoms with Gasteiger partial charge in [0.1, 0.15) is 6.61 Å². The van der Waals surface area contributed by atoms with E-state index in [1.54, 1.807) is 42.5 Å². The fourth-order valence-corrected chi connectivity index (χ4v) is 8.26. The maximum absolute atomic E-state index is 12.6. The number of hydrogen-bond acceptors (Lipinski definition) is 10. The zero-order valence-corrected chi connectivity index (χ0v) is 53.2. The summed E-state index contributed by atoms with van der Waals surface area (Å²) in [5.74, 6) is -0.608. The molecule has 0 bridgehead atoms. The molecule has 12 N–H and O–H groups in total. The van der Waals surface area contributed by atoms with Gasteiger partial charge in [0.05, 0.1) is 28.6 Å². The molecule has 27 heteroatoms. The maximum Gasteiger partial charge on any atom is 0.416 e. The zero-order valence-electron chi connectivity index (χ0n) is 43.6. The van der Waals surface area contributed by atoms with Gasteiger partial charge >= 0.3 is 18.3 Å². The molecule has 0 radical (unpaired) electrons. The van der Waals surface area contributed by atoms with E-state index in [9.17, 15) is 45.8 Å². The summed E-state index contributed by atoms with van der Waals surface area (Å²) in [6.45, 7) is 5.03. The van der Waals surface area contributed by atoms with Crippen LogP contribution < -0.4 is 33.6 Å². The van der Waals surface area contributed by atoms with Gasteiger partial charge in [0.2, 0.25) is 0 Å². The first-order valence-corrected chi connectivity index (χ1v) is 28.6. The van der Waals surface area contributed by atoms with Gasteiger partial charge in [-0.15, -0.1) is 40.2 Å². The van der Waals surface area contributed by atoms with Crippen molar-refractivity contribution < 1.29 is 55.3 Å². The number of carbonyl (C=O) groups excluding carboxylic acids is 3. The van der Waals surface area contributed by atoms with Gasteiger partial charge in [0.25, 0.3) is 11.8 Å². The number of alkyl halides is 8. The van der Waals surface area contributed by atoms with E-state index in [-0.39, 0.29) is 64.2 Å². The molecule has 0 spiro atoms. The van der Waals surface area contributed by atoms with Crippen LogP contribution >= 0.6 is 112 Å². The van der Waals surface area contributed by atoms with E-state index in [4.69, 9.17) is 49.6 Å². The second-order valence-corrected chi connectivity index (χ2v) is 21.6. The van der Waals surface area contributed by atoms with E-state index in [1.165, 1.54) is 48.2 Å². The molecule has 0 aromatic heterocycles. The number of thiocarbonyl (C=S) groups is 1. The maximum atomic E-state index is 12.6. The topological polar surface area (TPSA) is 242 Å². The molecule has 13 nitrogen and oxygen atoms in total. The third-order valence-electron chi connectivity index (χ3n) is 10.5. The zero-order chi connectivity index (χ0) is 60.7. The summed E-state index contributed by atoms with van der Waals surface area (Å²) in [4.78, 5) is 35.5. The number of thioether (sulfide) groups is 1. The quantitative estimate of drug-likeness (QED) is 0.0160. The van der Waals surface area contributed by atoms with E-state index < -0.39 is 29.4 Å². The van der Waals surface area contributed by atoms with Crippen LogP contribution in [0.2, 0.25) is 0 Å². The molecule has 0 saturated carbocycles. The standard InChI is InChI=1S/C17H15BrF3N3OS.C16H13BrF3NO2.C8H5BrO2.C8H11N.C4H8O.CH2Cl2.CH4N2S.BrH/c18-13-5-6-14(11(7-13)9-26-16(22)23)15(25)24-8-10-1-3-12(4-2-10)17(19,20)21;17-13-5-6-14(11(7-13)9-22)15(23)21-8-10-1-3-12(4-2-10)16(18,19)20;9-6-1-2-7-5(3-6)4-11-8(7)10;1-7-2-4-8(6-9)5-3-7;1-2-4-5-3-1;2-1-3;2-1(3)4;/h1-7H,8-9H2,(H3,22,23)(H,24,25);1-7,22H,8-9H2,(H,21,23);1-3H,4H2;2-5H,6,9H2,1H3;1-4H2;1H2;(H4,2,3,4);1H. The summed E-state index contributed by atoms with van der Waals surface area (Å²) in [7, 11) is 0. The molecule has 0 aliphatic carbocycles. The number of carbonyl (C=O) groups is 3. The molecule has 2 aliphatic rings. The normalized spacial score (nSPS) is 11.7. The summed E-state index contributed by atoms with van der Waals surface area (Å²) >= 11 is 24.6. The van der Waals surface area contributed by atoms with Crippen LogP contribution in [0.5, 0.6) is 0 Å². The Labute approximate surface area is 527 Å². The number of hydrogen-bond donors (Lipinski definition) is 8. The van der Waals surface area contributed by atoms with Crippen LogP contribution in [0, 0.1) is 12.3 Å². The molecule has 6 aromatic carbocycles. The molecule has 82 heavy (non-hydrogen) atoms. The second kappa shape index (κ2) is 39.7. The van der Waals surface area contributed by atoms with E-state index in [2.05, 4.69) is 113 Å². The lowest BCUT2D eigenvalue weighted by atomic mass is 10.1. The number of rotatable bonds is 10. The number of amides is 2. The van der Waals surface area contributed by atoms with E-state index in [0.717, 1.165) is 68.2 Å². The van der Waals surface area contributed by atoms with Gasteiger partial charge in [-0.05, 0) is 139 Å². The number of esters is 1. The van der Waals surface area contributed by atoms with Crippen molar-refractivity contribution in [3.8, 4) is 0 Å². The fourth-order valence-electron chi connectivity index (χ4n) is 6.49. The number of aliphatic hydroxyl groups excluding tert-OH is 1. The third kappa shape index (κ3) is 30.1. The SMILES string of the molecule is Br.C1CCOC1.Cc1ccc(CN)cc1.ClCCl.N=C(N)SCc1cc(Br)ccc1C(=O)NCc1ccc(C(F)(F)F)cc1.NC(N)=S.O=C(NCc1ccc(C(F)(F)F)cc1)c1ccc(Br)cc1CO.O=C1OCc2cc(Br)ccc21. The van der Waals surface area contributed by atoms with Gasteiger partial charge in [0, 0.05) is 68.7 Å². The highest BCUT2D eigenvalue weighted by Crippen LogP contribution is 2.31. The summed E-state index contributed by atoms with van der Waals surface area (Å²) in [5, 5.41) is 22.0. The number of aliphatic hydroxyl groups is 1. The summed E-state index contributed by atoms with van der Waals surface area (Å²) in [6, 6.07) is 33.0. The van der Waals surface area contributed by atoms with Crippen LogP contribution in [0.3, 0.4) is 0 Å². The van der Waals surface area contributed by atoms with E-state index in [0.29, 0.717) is 57.8 Å². The Morgan fingerprint density at radius 2 is 1.10 bits per heavy atom. The van der Waals surface area contributed by atoms with Crippen molar-refractivity contribution in [3.05, 3.63) is 208 Å². The highest BCUT2D eigenvalue weighted by molar-refractivity contribution is 9.11. The van der Waals surface area contributed by atoms with Gasteiger partial charge in [0.15, 0.2) is 10.3 Å². The Balaban J connectivity index is 0.000000537. The molecule has 2 aliphatic heterocycles. The van der Waals surface area contributed by atoms with Crippen LogP contribution in [0.1, 0.15) is 94.0 Å². The molecule has 2 heterocycles. The van der Waals surface area contributed by atoms with E-state index in [1.807, 2.05) is 12.1 Å². The number of ether oxygens (including phenoxy) is 2. The Kier molecular flexibility index (Phi) is 36.4. The summed E-state index contributed by atoms with van der Waals surface area (Å²) < 4.78 is 87.4. The second-order valence-electron chi connectivity index (χ2n) is 16.6. The third-order valence-corrected chi connectivity index (χ3v) is 12.7. The van der Waals surface area contributed by atoms with Gasteiger partial charge in [-0.25, -0.2) is 4.79 Å².